The summed E-state index contributed by atoms with van der Waals surface area (Å²) >= 11 is 0. The van der Waals surface area contributed by atoms with Crippen LogP contribution in [0.5, 0.6) is 0 Å². The van der Waals surface area contributed by atoms with E-state index in [1.54, 1.807) is 36.4 Å². The Labute approximate surface area is 124 Å². The van der Waals surface area contributed by atoms with Crippen LogP contribution in [0.4, 0.5) is 10.1 Å². The molecule has 3 aromatic rings. The Kier molecular flexibility index (Phi) is 3.74. The van der Waals surface area contributed by atoms with E-state index in [9.17, 15) is 14.0 Å². The molecule has 1 aromatic heterocycles. The van der Waals surface area contributed by atoms with Crippen LogP contribution in [0.2, 0.25) is 0 Å². The normalized spacial score (nSPS) is 10.8. The summed E-state index contributed by atoms with van der Waals surface area (Å²) in [5.41, 5.74) is 1.96. The summed E-state index contributed by atoms with van der Waals surface area (Å²) in [5.74, 6) is -1.09. The number of hydrogen-bond donors (Lipinski definition) is 2. The zero-order chi connectivity index (χ0) is 15.5. The fourth-order valence-electron chi connectivity index (χ4n) is 2.20. The van der Waals surface area contributed by atoms with Crippen LogP contribution < -0.4 is 11.1 Å². The van der Waals surface area contributed by atoms with Crippen LogP contribution >= 0.6 is 0 Å². The highest BCUT2D eigenvalue weighted by atomic mass is 19.1. The van der Waals surface area contributed by atoms with Gasteiger partial charge in [0.1, 0.15) is 5.82 Å². The molecule has 0 aliphatic heterocycles. The number of anilines is 1. The third-order valence-electron chi connectivity index (χ3n) is 3.28. The molecule has 0 radical (unpaired) electrons. The van der Waals surface area contributed by atoms with E-state index in [0.717, 1.165) is 0 Å². The minimum absolute atomic E-state index is 0.163. The van der Waals surface area contributed by atoms with Crippen LogP contribution in [0.3, 0.4) is 0 Å². The molecular weight excluding hydrogens is 287 g/mol. The third kappa shape index (κ3) is 3.06. The number of rotatable bonds is 4. The predicted octanol–water partition coefficient (Wildman–Crippen LogP) is 2.83. The monoisotopic (exact) mass is 300 g/mol. The van der Waals surface area contributed by atoms with Crippen LogP contribution in [0, 0.1) is 5.82 Å². The first-order chi connectivity index (χ1) is 10.6. The van der Waals surface area contributed by atoms with E-state index >= 15 is 0 Å². The van der Waals surface area contributed by atoms with Crippen molar-refractivity contribution in [2.75, 3.05) is 5.32 Å². The molecular formula is C16H13FN2O3. The van der Waals surface area contributed by atoms with Crippen LogP contribution in [0.25, 0.3) is 11.1 Å². The highest BCUT2D eigenvalue weighted by Crippen LogP contribution is 2.17. The molecule has 22 heavy (non-hydrogen) atoms. The summed E-state index contributed by atoms with van der Waals surface area (Å²) in [7, 11) is 0. The van der Waals surface area contributed by atoms with E-state index in [4.69, 9.17) is 4.42 Å². The Balaban J connectivity index is 1.65. The maximum Gasteiger partial charge on any atom is 0.417 e. The van der Waals surface area contributed by atoms with Gasteiger partial charge in [-0.1, -0.05) is 18.2 Å². The number of amides is 1. The van der Waals surface area contributed by atoms with E-state index in [-0.39, 0.29) is 18.1 Å². The molecule has 5 nitrogen and oxygen atoms in total. The minimum Gasteiger partial charge on any atom is -0.408 e. The SMILES string of the molecule is O=C(CCc1ccccc1F)Nc1ccc2[nH]c(=O)oc2c1. The van der Waals surface area contributed by atoms with Crippen molar-refractivity contribution >= 4 is 22.7 Å². The highest BCUT2D eigenvalue weighted by Gasteiger charge is 2.08. The Bertz CT molecular complexity index is 882. The molecule has 0 unspecified atom stereocenters. The molecule has 0 fully saturated rings. The number of aromatic nitrogens is 1. The minimum atomic E-state index is -0.543. The number of oxazole rings is 1. The van der Waals surface area contributed by atoms with Crippen molar-refractivity contribution in [2.24, 2.45) is 0 Å². The number of benzene rings is 2. The number of aryl methyl sites for hydroxylation is 1. The van der Waals surface area contributed by atoms with E-state index in [1.807, 2.05) is 0 Å². The molecule has 112 valence electrons. The van der Waals surface area contributed by atoms with Crippen molar-refractivity contribution < 1.29 is 13.6 Å². The van der Waals surface area contributed by atoms with Gasteiger partial charge < -0.3 is 9.73 Å². The van der Waals surface area contributed by atoms with Gasteiger partial charge in [-0.15, -0.1) is 0 Å². The van der Waals surface area contributed by atoms with Gasteiger partial charge >= 0.3 is 5.76 Å². The smallest absolute Gasteiger partial charge is 0.408 e. The second kappa shape index (κ2) is 5.85. The third-order valence-corrected chi connectivity index (χ3v) is 3.28. The molecule has 0 saturated heterocycles. The lowest BCUT2D eigenvalue weighted by atomic mass is 10.1. The lowest BCUT2D eigenvalue weighted by Gasteiger charge is -2.05. The van der Waals surface area contributed by atoms with Gasteiger partial charge in [-0.25, -0.2) is 9.18 Å². The van der Waals surface area contributed by atoms with Gasteiger partial charge in [0.15, 0.2) is 5.58 Å². The van der Waals surface area contributed by atoms with Crippen molar-refractivity contribution in [3.05, 3.63) is 64.4 Å². The van der Waals surface area contributed by atoms with Crippen molar-refractivity contribution in [3.63, 3.8) is 0 Å². The van der Waals surface area contributed by atoms with Crippen LogP contribution in [0.15, 0.2) is 51.7 Å². The first-order valence-corrected chi connectivity index (χ1v) is 6.78. The zero-order valence-corrected chi connectivity index (χ0v) is 11.6. The number of carbonyl (C=O) groups is 1. The topological polar surface area (TPSA) is 75.1 Å². The molecule has 0 saturated carbocycles. The first-order valence-electron chi connectivity index (χ1n) is 6.78. The Morgan fingerprint density at radius 3 is 2.86 bits per heavy atom. The molecule has 0 atom stereocenters. The molecule has 3 rings (SSSR count). The lowest BCUT2D eigenvalue weighted by Crippen LogP contribution is -2.12. The van der Waals surface area contributed by atoms with E-state index in [0.29, 0.717) is 28.8 Å². The van der Waals surface area contributed by atoms with Gasteiger partial charge in [-0.2, -0.15) is 0 Å². The van der Waals surface area contributed by atoms with E-state index < -0.39 is 5.76 Å². The van der Waals surface area contributed by atoms with Crippen LogP contribution in [-0.4, -0.2) is 10.9 Å². The number of nitrogens with one attached hydrogen (secondary N) is 2. The maximum atomic E-state index is 13.5. The van der Waals surface area contributed by atoms with Crippen LogP contribution in [-0.2, 0) is 11.2 Å². The zero-order valence-electron chi connectivity index (χ0n) is 11.6. The maximum absolute atomic E-state index is 13.5. The van der Waals surface area contributed by atoms with Crippen molar-refractivity contribution in [1.29, 1.82) is 0 Å². The van der Waals surface area contributed by atoms with E-state index in [2.05, 4.69) is 10.3 Å². The first kappa shape index (κ1) is 14.1. The molecule has 1 amide bonds. The summed E-state index contributed by atoms with van der Waals surface area (Å²) in [4.78, 5) is 25.5. The number of H-pyrrole nitrogens is 1. The van der Waals surface area contributed by atoms with Crippen LogP contribution in [0.1, 0.15) is 12.0 Å². The Morgan fingerprint density at radius 1 is 1.23 bits per heavy atom. The number of hydrogen-bond acceptors (Lipinski definition) is 3. The number of halogens is 1. The van der Waals surface area contributed by atoms with Crippen molar-refractivity contribution in [1.82, 2.24) is 4.98 Å². The largest absolute Gasteiger partial charge is 0.417 e. The van der Waals surface area contributed by atoms with Gasteiger partial charge in [-0.3, -0.25) is 9.78 Å². The molecule has 0 aliphatic carbocycles. The summed E-state index contributed by atoms with van der Waals surface area (Å²) in [6, 6.07) is 11.2. The molecule has 0 aliphatic rings. The standard InChI is InChI=1S/C16H13FN2O3/c17-12-4-2-1-3-10(12)5-8-15(20)18-11-6-7-13-14(9-11)22-16(21)19-13/h1-4,6-7,9H,5,8H2,(H,18,20)(H,19,21). The van der Waals surface area contributed by atoms with E-state index in [1.165, 1.54) is 6.07 Å². The van der Waals surface area contributed by atoms with Gasteiger partial charge in [0.2, 0.25) is 5.91 Å². The second-order valence-corrected chi connectivity index (χ2v) is 4.87. The fourth-order valence-corrected chi connectivity index (χ4v) is 2.20. The number of fused-ring (bicyclic) bond motifs is 1. The van der Waals surface area contributed by atoms with Gasteiger partial charge in [0.25, 0.3) is 0 Å². The van der Waals surface area contributed by atoms with Crippen molar-refractivity contribution in [3.8, 4) is 0 Å². The van der Waals surface area contributed by atoms with Crippen molar-refractivity contribution in [2.45, 2.75) is 12.8 Å². The molecule has 6 heteroatoms. The quantitative estimate of drug-likeness (QED) is 0.778. The Hall–Kier alpha value is -2.89. The molecule has 0 spiro atoms. The molecule has 2 aromatic carbocycles. The number of aromatic amines is 1. The Morgan fingerprint density at radius 2 is 2.05 bits per heavy atom. The summed E-state index contributed by atoms with van der Waals surface area (Å²) in [5, 5.41) is 2.70. The number of carbonyl (C=O) groups excluding carboxylic acids is 1. The summed E-state index contributed by atoms with van der Waals surface area (Å²) < 4.78 is 18.4. The second-order valence-electron chi connectivity index (χ2n) is 4.87. The van der Waals surface area contributed by atoms with Gasteiger partial charge in [-0.05, 0) is 30.2 Å². The molecule has 2 N–H and O–H groups in total. The molecule has 1 heterocycles. The predicted molar refractivity (Wildman–Crippen MR) is 80.2 cm³/mol. The average Bonchev–Trinajstić information content (AvgIpc) is 2.86. The lowest BCUT2D eigenvalue weighted by molar-refractivity contribution is -0.116. The fraction of sp³-hybridized carbons (Fsp3) is 0.125. The highest BCUT2D eigenvalue weighted by molar-refractivity contribution is 5.92. The van der Waals surface area contributed by atoms with Gasteiger partial charge in [0.05, 0.1) is 5.52 Å². The summed E-state index contributed by atoms with van der Waals surface area (Å²) in [6.45, 7) is 0. The summed E-state index contributed by atoms with van der Waals surface area (Å²) in [6.07, 6.45) is 0.482. The van der Waals surface area contributed by atoms with Gasteiger partial charge in [0, 0.05) is 18.2 Å². The molecule has 0 bridgehead atoms. The average molecular weight is 300 g/mol.